The molecule has 1 aliphatic heterocycles. The van der Waals surface area contributed by atoms with Crippen molar-refractivity contribution in [3.63, 3.8) is 0 Å². The molecule has 0 bridgehead atoms. The molecule has 4 rings (SSSR count). The Bertz CT molecular complexity index is 1160. The van der Waals surface area contributed by atoms with Crippen molar-refractivity contribution in [2.45, 2.75) is 19.5 Å². The van der Waals surface area contributed by atoms with Crippen LogP contribution < -0.4 is 4.74 Å². The minimum atomic E-state index is -0.757. The number of aliphatic hydroxyl groups excluding tert-OH is 1. The number of halogens is 1. The standard InChI is InChI=1S/C25H21ClN2O4/c1-2-32-20-9-5-18(6-10-20)23(29)21-22(17-3-7-19(26)8-4-17)28(25(31)24(21)30)15-16-11-13-27-14-12-16/h3-14,22,29H,2,15H2,1H3/b23-21+. The van der Waals surface area contributed by atoms with Crippen LogP contribution in [0.4, 0.5) is 0 Å². The van der Waals surface area contributed by atoms with Crippen molar-refractivity contribution in [1.29, 1.82) is 0 Å². The number of ether oxygens (including phenoxy) is 1. The number of carbonyl (C=O) groups is 2. The van der Waals surface area contributed by atoms with Gasteiger partial charge < -0.3 is 14.7 Å². The molecule has 3 aromatic rings. The topological polar surface area (TPSA) is 79.7 Å². The molecule has 1 amide bonds. The van der Waals surface area contributed by atoms with Crippen LogP contribution in [0.3, 0.4) is 0 Å². The van der Waals surface area contributed by atoms with E-state index in [9.17, 15) is 14.7 Å². The Morgan fingerprint density at radius 3 is 2.31 bits per heavy atom. The largest absolute Gasteiger partial charge is 0.507 e. The van der Waals surface area contributed by atoms with E-state index in [1.54, 1.807) is 73.1 Å². The molecule has 2 aromatic carbocycles. The normalized spacial score (nSPS) is 17.6. The van der Waals surface area contributed by atoms with Crippen LogP contribution in [0.1, 0.15) is 29.7 Å². The highest BCUT2D eigenvalue weighted by Gasteiger charge is 2.46. The third-order valence-corrected chi connectivity index (χ3v) is 5.52. The summed E-state index contributed by atoms with van der Waals surface area (Å²) >= 11 is 6.05. The van der Waals surface area contributed by atoms with Gasteiger partial charge in [0, 0.05) is 29.5 Å². The number of hydrogen-bond donors (Lipinski definition) is 1. The van der Waals surface area contributed by atoms with E-state index in [0.717, 1.165) is 5.56 Å². The number of ketones is 1. The molecule has 1 unspecified atom stereocenters. The molecular formula is C25H21ClN2O4. The van der Waals surface area contributed by atoms with E-state index >= 15 is 0 Å². The Balaban J connectivity index is 1.81. The van der Waals surface area contributed by atoms with Gasteiger partial charge in [0.2, 0.25) is 0 Å². The van der Waals surface area contributed by atoms with Crippen LogP contribution in [-0.4, -0.2) is 33.3 Å². The van der Waals surface area contributed by atoms with E-state index in [2.05, 4.69) is 4.98 Å². The fourth-order valence-corrected chi connectivity index (χ4v) is 3.88. The first-order valence-electron chi connectivity index (χ1n) is 10.2. The van der Waals surface area contributed by atoms with Crippen LogP contribution in [0.15, 0.2) is 78.6 Å². The lowest BCUT2D eigenvalue weighted by Crippen LogP contribution is -2.29. The highest BCUT2D eigenvalue weighted by Crippen LogP contribution is 2.40. The second-order valence-electron chi connectivity index (χ2n) is 7.29. The first kappa shape index (κ1) is 21.6. The first-order chi connectivity index (χ1) is 15.5. The SMILES string of the molecule is CCOc1ccc(/C(O)=C2\C(=O)C(=O)N(Cc3ccncc3)C2c2ccc(Cl)cc2)cc1. The molecule has 1 atom stereocenters. The highest BCUT2D eigenvalue weighted by atomic mass is 35.5. The average Bonchev–Trinajstić information content (AvgIpc) is 3.05. The highest BCUT2D eigenvalue weighted by molar-refractivity contribution is 6.46. The van der Waals surface area contributed by atoms with Crippen LogP contribution in [0.25, 0.3) is 5.76 Å². The molecule has 6 nitrogen and oxygen atoms in total. The number of rotatable bonds is 6. The molecule has 1 fully saturated rings. The zero-order valence-electron chi connectivity index (χ0n) is 17.4. The lowest BCUT2D eigenvalue weighted by Gasteiger charge is -2.25. The number of carbonyl (C=O) groups excluding carboxylic acids is 2. The van der Waals surface area contributed by atoms with E-state index < -0.39 is 17.7 Å². The molecule has 0 aliphatic carbocycles. The number of aromatic nitrogens is 1. The van der Waals surface area contributed by atoms with Crippen molar-refractivity contribution in [2.75, 3.05) is 6.61 Å². The van der Waals surface area contributed by atoms with Gasteiger partial charge >= 0.3 is 0 Å². The zero-order chi connectivity index (χ0) is 22.7. The van der Waals surface area contributed by atoms with Crippen LogP contribution in [0.2, 0.25) is 5.02 Å². The second kappa shape index (κ2) is 9.24. The van der Waals surface area contributed by atoms with Gasteiger partial charge in [-0.05, 0) is 66.6 Å². The van der Waals surface area contributed by atoms with Gasteiger partial charge in [0.1, 0.15) is 11.5 Å². The zero-order valence-corrected chi connectivity index (χ0v) is 18.1. The fourth-order valence-electron chi connectivity index (χ4n) is 3.75. The summed E-state index contributed by atoms with van der Waals surface area (Å²) in [5.74, 6) is -0.986. The minimum Gasteiger partial charge on any atom is -0.507 e. The van der Waals surface area contributed by atoms with E-state index in [1.807, 2.05) is 6.92 Å². The third kappa shape index (κ3) is 4.22. The van der Waals surface area contributed by atoms with E-state index in [4.69, 9.17) is 16.3 Å². The minimum absolute atomic E-state index is 0.0375. The molecule has 0 saturated carbocycles. The van der Waals surface area contributed by atoms with Gasteiger partial charge in [-0.1, -0.05) is 23.7 Å². The monoisotopic (exact) mass is 448 g/mol. The molecule has 1 N–H and O–H groups in total. The Labute approximate surface area is 190 Å². The Kier molecular flexibility index (Phi) is 6.23. The number of hydrogen-bond acceptors (Lipinski definition) is 5. The average molecular weight is 449 g/mol. The van der Waals surface area contributed by atoms with E-state index in [1.165, 1.54) is 4.90 Å². The maximum atomic E-state index is 13.1. The van der Waals surface area contributed by atoms with Gasteiger partial charge in [-0.3, -0.25) is 14.6 Å². The quantitative estimate of drug-likeness (QED) is 0.334. The second-order valence-corrected chi connectivity index (χ2v) is 7.73. The summed E-state index contributed by atoms with van der Waals surface area (Å²) in [5.41, 5.74) is 1.96. The maximum absolute atomic E-state index is 13.1. The molecule has 1 aliphatic rings. The Morgan fingerprint density at radius 1 is 1.03 bits per heavy atom. The molecule has 2 heterocycles. The number of Topliss-reactive ketones (excluding diaryl/α,β-unsaturated/α-hetero) is 1. The molecular weight excluding hydrogens is 428 g/mol. The van der Waals surface area contributed by atoms with Gasteiger partial charge in [0.05, 0.1) is 18.2 Å². The molecule has 162 valence electrons. The predicted molar refractivity (Wildman–Crippen MR) is 121 cm³/mol. The van der Waals surface area contributed by atoms with Crippen molar-refractivity contribution in [3.8, 4) is 5.75 Å². The van der Waals surface area contributed by atoms with E-state index in [0.29, 0.717) is 28.5 Å². The first-order valence-corrected chi connectivity index (χ1v) is 10.5. The van der Waals surface area contributed by atoms with Crippen LogP contribution >= 0.6 is 11.6 Å². The van der Waals surface area contributed by atoms with Crippen molar-refractivity contribution in [1.82, 2.24) is 9.88 Å². The molecule has 0 radical (unpaired) electrons. The Hall–Kier alpha value is -3.64. The third-order valence-electron chi connectivity index (χ3n) is 5.27. The molecule has 7 heteroatoms. The summed E-state index contributed by atoms with van der Waals surface area (Å²) in [7, 11) is 0. The number of pyridine rings is 1. The molecule has 1 saturated heterocycles. The number of amides is 1. The lowest BCUT2D eigenvalue weighted by atomic mass is 9.95. The number of nitrogens with zero attached hydrogens (tertiary/aromatic N) is 2. The summed E-state index contributed by atoms with van der Waals surface area (Å²) in [6, 6.07) is 16.5. The van der Waals surface area contributed by atoms with Gasteiger partial charge in [-0.25, -0.2) is 0 Å². The summed E-state index contributed by atoms with van der Waals surface area (Å²) in [4.78, 5) is 31.5. The van der Waals surface area contributed by atoms with Crippen LogP contribution in [0.5, 0.6) is 5.75 Å². The summed E-state index contributed by atoms with van der Waals surface area (Å²) in [6.07, 6.45) is 3.26. The number of likely N-dealkylation sites (tertiary alicyclic amines) is 1. The Morgan fingerprint density at radius 2 is 1.69 bits per heavy atom. The van der Waals surface area contributed by atoms with Crippen LogP contribution in [-0.2, 0) is 16.1 Å². The van der Waals surface area contributed by atoms with E-state index in [-0.39, 0.29) is 17.9 Å². The number of benzene rings is 2. The van der Waals surface area contributed by atoms with Crippen molar-refractivity contribution in [3.05, 3.63) is 100 Å². The lowest BCUT2D eigenvalue weighted by molar-refractivity contribution is -0.140. The molecule has 32 heavy (non-hydrogen) atoms. The predicted octanol–water partition coefficient (Wildman–Crippen LogP) is 4.76. The number of aliphatic hydroxyl groups is 1. The van der Waals surface area contributed by atoms with Crippen molar-refractivity contribution in [2.24, 2.45) is 0 Å². The van der Waals surface area contributed by atoms with Crippen LogP contribution in [0, 0.1) is 0 Å². The van der Waals surface area contributed by atoms with Gasteiger partial charge in [0.25, 0.3) is 11.7 Å². The summed E-state index contributed by atoms with van der Waals surface area (Å²) in [6.45, 7) is 2.59. The van der Waals surface area contributed by atoms with Crippen molar-refractivity contribution < 1.29 is 19.4 Å². The maximum Gasteiger partial charge on any atom is 0.295 e. The van der Waals surface area contributed by atoms with Crippen molar-refractivity contribution >= 4 is 29.1 Å². The molecule has 0 spiro atoms. The molecule has 1 aromatic heterocycles. The summed E-state index contributed by atoms with van der Waals surface area (Å²) in [5, 5.41) is 11.6. The fraction of sp³-hybridized carbons (Fsp3) is 0.160. The van der Waals surface area contributed by atoms with Gasteiger partial charge in [0.15, 0.2) is 0 Å². The smallest absolute Gasteiger partial charge is 0.295 e. The van der Waals surface area contributed by atoms with Gasteiger partial charge in [-0.2, -0.15) is 0 Å². The summed E-state index contributed by atoms with van der Waals surface area (Å²) < 4.78 is 5.44. The van der Waals surface area contributed by atoms with Gasteiger partial charge in [-0.15, -0.1) is 0 Å².